The maximum absolute atomic E-state index is 12.2. The molecule has 2 N–H and O–H groups in total. The second kappa shape index (κ2) is 9.80. The molecule has 7 nitrogen and oxygen atoms in total. The molecule has 0 radical (unpaired) electrons. The number of nitro benzene ring substituents is 1. The molecule has 0 aromatic heterocycles. The summed E-state index contributed by atoms with van der Waals surface area (Å²) in [5.41, 5.74) is 3.14. The van der Waals surface area contributed by atoms with Crippen molar-refractivity contribution in [1.82, 2.24) is 5.32 Å². The van der Waals surface area contributed by atoms with Crippen LogP contribution in [0, 0.1) is 24.0 Å². The highest BCUT2D eigenvalue weighted by atomic mass is 79.9. The van der Waals surface area contributed by atoms with Crippen LogP contribution < -0.4 is 15.4 Å². The van der Waals surface area contributed by atoms with Gasteiger partial charge in [0.05, 0.1) is 4.92 Å². The number of hydrogen-bond acceptors (Lipinski definition) is 5. The molecule has 0 saturated heterocycles. The molecule has 154 valence electrons. The smallest absolute Gasteiger partial charge is 0.271 e. The number of carbonyl (C=O) groups is 1. The van der Waals surface area contributed by atoms with Crippen LogP contribution in [0.3, 0.4) is 0 Å². The first-order chi connectivity index (χ1) is 13.6. The van der Waals surface area contributed by atoms with Crippen molar-refractivity contribution in [2.24, 2.45) is 0 Å². The third-order valence-electron chi connectivity index (χ3n) is 4.20. The minimum atomic E-state index is -0.493. The Kier molecular flexibility index (Phi) is 7.69. The number of halogens is 1. The van der Waals surface area contributed by atoms with Crippen molar-refractivity contribution < 1.29 is 14.5 Å². The van der Waals surface area contributed by atoms with Crippen LogP contribution in [0.4, 0.5) is 11.4 Å². The Morgan fingerprint density at radius 3 is 2.55 bits per heavy atom. The number of non-ortho nitro benzene ring substituents is 1. The van der Waals surface area contributed by atoms with E-state index in [1.165, 1.54) is 12.1 Å². The molecule has 0 bridgehead atoms. The monoisotopic (exact) mass is 479 g/mol. The molecule has 2 aromatic carbocycles. The number of nitrogens with zero attached hydrogens (tertiary/aromatic N) is 1. The lowest BCUT2D eigenvalue weighted by molar-refractivity contribution is -0.384. The number of anilines is 1. The molecule has 0 heterocycles. The van der Waals surface area contributed by atoms with Crippen LogP contribution in [0.2, 0.25) is 0 Å². The summed E-state index contributed by atoms with van der Waals surface area (Å²) >= 11 is 8.65. The van der Waals surface area contributed by atoms with Gasteiger partial charge in [-0.1, -0.05) is 35.8 Å². The lowest BCUT2D eigenvalue weighted by atomic mass is 10.0. The van der Waals surface area contributed by atoms with Crippen molar-refractivity contribution in [3.8, 4) is 5.75 Å². The summed E-state index contributed by atoms with van der Waals surface area (Å²) in [6.45, 7) is 7.61. The van der Waals surface area contributed by atoms with E-state index in [1.807, 2.05) is 32.9 Å². The van der Waals surface area contributed by atoms with Crippen molar-refractivity contribution in [3.05, 3.63) is 61.6 Å². The SMILES string of the molecule is Cc1cc(OCC(=O)NC(=S)Nc2cc([N+](=O)[O-])ccc2C)c(C(C)C)cc1Br. The maximum Gasteiger partial charge on any atom is 0.271 e. The summed E-state index contributed by atoms with van der Waals surface area (Å²) in [6.07, 6.45) is 0. The van der Waals surface area contributed by atoms with E-state index in [9.17, 15) is 14.9 Å². The Morgan fingerprint density at radius 2 is 1.93 bits per heavy atom. The summed E-state index contributed by atoms with van der Waals surface area (Å²) < 4.78 is 6.69. The third kappa shape index (κ3) is 6.23. The average molecular weight is 480 g/mol. The number of thiocarbonyl (C=S) groups is 1. The molecule has 0 atom stereocenters. The summed E-state index contributed by atoms with van der Waals surface area (Å²) in [7, 11) is 0. The van der Waals surface area contributed by atoms with Crippen molar-refractivity contribution >= 4 is 50.5 Å². The van der Waals surface area contributed by atoms with E-state index in [1.54, 1.807) is 13.0 Å². The van der Waals surface area contributed by atoms with Gasteiger partial charge < -0.3 is 10.1 Å². The number of nitro groups is 1. The van der Waals surface area contributed by atoms with E-state index in [4.69, 9.17) is 17.0 Å². The molecule has 1 amide bonds. The van der Waals surface area contributed by atoms with Gasteiger partial charge in [0.1, 0.15) is 5.75 Å². The molecular weight excluding hydrogens is 458 g/mol. The zero-order chi connectivity index (χ0) is 21.7. The Hall–Kier alpha value is -2.52. The third-order valence-corrected chi connectivity index (χ3v) is 5.26. The summed E-state index contributed by atoms with van der Waals surface area (Å²) in [5.74, 6) is 0.440. The van der Waals surface area contributed by atoms with Crippen LogP contribution in [0.5, 0.6) is 5.75 Å². The van der Waals surface area contributed by atoms with Gasteiger partial charge in [-0.15, -0.1) is 0 Å². The van der Waals surface area contributed by atoms with Crippen molar-refractivity contribution in [1.29, 1.82) is 0 Å². The molecule has 29 heavy (non-hydrogen) atoms. The Morgan fingerprint density at radius 1 is 1.24 bits per heavy atom. The Balaban J connectivity index is 2.00. The van der Waals surface area contributed by atoms with Crippen molar-refractivity contribution in [3.63, 3.8) is 0 Å². The first-order valence-electron chi connectivity index (χ1n) is 8.87. The molecule has 0 spiro atoms. The normalized spacial score (nSPS) is 10.6. The zero-order valence-electron chi connectivity index (χ0n) is 16.5. The van der Waals surface area contributed by atoms with Crippen LogP contribution in [0.25, 0.3) is 0 Å². The molecule has 0 unspecified atom stereocenters. The van der Waals surface area contributed by atoms with Gasteiger partial charge in [0.25, 0.3) is 11.6 Å². The minimum Gasteiger partial charge on any atom is -0.483 e. The van der Waals surface area contributed by atoms with E-state index < -0.39 is 10.8 Å². The molecular formula is C20H22BrN3O4S. The van der Waals surface area contributed by atoms with Crippen LogP contribution in [0.15, 0.2) is 34.8 Å². The predicted octanol–water partition coefficient (Wildman–Crippen LogP) is 4.99. The first-order valence-corrected chi connectivity index (χ1v) is 10.1. The summed E-state index contributed by atoms with van der Waals surface area (Å²) in [4.78, 5) is 22.7. The van der Waals surface area contributed by atoms with Crippen LogP contribution >= 0.6 is 28.1 Å². The van der Waals surface area contributed by atoms with E-state index in [0.29, 0.717) is 11.4 Å². The zero-order valence-corrected chi connectivity index (χ0v) is 18.9. The second-order valence-electron chi connectivity index (χ2n) is 6.84. The predicted molar refractivity (Wildman–Crippen MR) is 121 cm³/mol. The van der Waals surface area contributed by atoms with Crippen LogP contribution in [0.1, 0.15) is 36.5 Å². The fourth-order valence-corrected chi connectivity index (χ4v) is 3.15. The van der Waals surface area contributed by atoms with Gasteiger partial charge in [-0.05, 0) is 60.8 Å². The van der Waals surface area contributed by atoms with Crippen molar-refractivity contribution in [2.75, 3.05) is 11.9 Å². The highest BCUT2D eigenvalue weighted by molar-refractivity contribution is 9.10. The highest BCUT2D eigenvalue weighted by Gasteiger charge is 2.14. The first kappa shape index (κ1) is 22.8. The van der Waals surface area contributed by atoms with E-state index in [-0.39, 0.29) is 23.3 Å². The standard InChI is InChI=1S/C20H22BrN3O4S/c1-11(2)15-9-16(21)13(4)7-18(15)28-10-19(25)23-20(29)22-17-8-14(24(26)27)6-5-12(17)3/h5-9,11H,10H2,1-4H3,(H2,22,23,25,29). The Bertz CT molecular complexity index is 963. The lowest BCUT2D eigenvalue weighted by Gasteiger charge is -2.16. The van der Waals surface area contributed by atoms with Crippen molar-refractivity contribution in [2.45, 2.75) is 33.6 Å². The van der Waals surface area contributed by atoms with Gasteiger partial charge in [0.2, 0.25) is 0 Å². The summed E-state index contributed by atoms with van der Waals surface area (Å²) in [6, 6.07) is 8.25. The van der Waals surface area contributed by atoms with E-state index >= 15 is 0 Å². The molecule has 0 fully saturated rings. The number of nitrogens with one attached hydrogen (secondary N) is 2. The molecule has 0 aliphatic heterocycles. The second-order valence-corrected chi connectivity index (χ2v) is 8.10. The van der Waals surface area contributed by atoms with E-state index in [0.717, 1.165) is 21.2 Å². The maximum atomic E-state index is 12.2. The fraction of sp³-hybridized carbons (Fsp3) is 0.300. The fourth-order valence-electron chi connectivity index (χ4n) is 2.56. The molecule has 9 heteroatoms. The molecule has 2 aromatic rings. The number of benzene rings is 2. The van der Waals surface area contributed by atoms with E-state index in [2.05, 4.69) is 26.6 Å². The molecule has 0 aliphatic rings. The Labute approximate surface area is 183 Å². The largest absolute Gasteiger partial charge is 0.483 e. The lowest BCUT2D eigenvalue weighted by Crippen LogP contribution is -2.37. The number of ether oxygens (including phenoxy) is 1. The number of amides is 1. The summed E-state index contributed by atoms with van der Waals surface area (Å²) in [5, 5.41) is 16.3. The van der Waals surface area contributed by atoms with Gasteiger partial charge >= 0.3 is 0 Å². The van der Waals surface area contributed by atoms with Crippen LogP contribution in [-0.2, 0) is 4.79 Å². The van der Waals surface area contributed by atoms with Gasteiger partial charge in [0.15, 0.2) is 11.7 Å². The molecule has 2 rings (SSSR count). The highest BCUT2D eigenvalue weighted by Crippen LogP contribution is 2.32. The average Bonchev–Trinajstić information content (AvgIpc) is 2.63. The number of aryl methyl sites for hydroxylation is 2. The van der Waals surface area contributed by atoms with Gasteiger partial charge in [0, 0.05) is 22.3 Å². The minimum absolute atomic E-state index is 0.0401. The topological polar surface area (TPSA) is 93.5 Å². The molecule has 0 saturated carbocycles. The van der Waals surface area contributed by atoms with Gasteiger partial charge in [-0.2, -0.15) is 0 Å². The van der Waals surface area contributed by atoms with Gasteiger partial charge in [-0.25, -0.2) is 0 Å². The van der Waals surface area contributed by atoms with Crippen LogP contribution in [-0.4, -0.2) is 22.5 Å². The number of hydrogen-bond donors (Lipinski definition) is 2. The molecule has 0 aliphatic carbocycles. The quantitative estimate of drug-likeness (QED) is 0.344. The van der Waals surface area contributed by atoms with Gasteiger partial charge in [-0.3, -0.25) is 20.2 Å². The number of rotatable bonds is 6. The number of carbonyl (C=O) groups excluding carboxylic acids is 1.